The van der Waals surface area contributed by atoms with Crippen LogP contribution in [0.2, 0.25) is 0 Å². The van der Waals surface area contributed by atoms with E-state index < -0.39 is 5.82 Å². The van der Waals surface area contributed by atoms with Crippen molar-refractivity contribution in [3.63, 3.8) is 0 Å². The minimum atomic E-state index is -0.511. The van der Waals surface area contributed by atoms with Gasteiger partial charge < -0.3 is 10.1 Å². The van der Waals surface area contributed by atoms with Gasteiger partial charge in [-0.2, -0.15) is 0 Å². The Hall–Kier alpha value is -2.28. The average molecular weight is 306 g/mol. The SMILES string of the molecule is CCCCCOCC(=O)Nc1cc(-n2ccnn2)ccc1F. The van der Waals surface area contributed by atoms with E-state index in [2.05, 4.69) is 22.6 Å². The van der Waals surface area contributed by atoms with Gasteiger partial charge in [0.25, 0.3) is 0 Å². The van der Waals surface area contributed by atoms with Gasteiger partial charge in [0.05, 0.1) is 23.8 Å². The van der Waals surface area contributed by atoms with Crippen LogP contribution in [0.4, 0.5) is 10.1 Å². The van der Waals surface area contributed by atoms with E-state index in [1.807, 2.05) is 0 Å². The van der Waals surface area contributed by atoms with Crippen LogP contribution < -0.4 is 5.32 Å². The van der Waals surface area contributed by atoms with Crippen LogP contribution in [0.15, 0.2) is 30.6 Å². The molecule has 0 bridgehead atoms. The zero-order valence-corrected chi connectivity index (χ0v) is 12.5. The molecule has 7 heteroatoms. The minimum absolute atomic E-state index is 0.0866. The number of nitrogens with zero attached hydrogens (tertiary/aromatic N) is 3. The van der Waals surface area contributed by atoms with Crippen LogP contribution in [-0.2, 0) is 9.53 Å². The topological polar surface area (TPSA) is 69.0 Å². The number of nitrogens with one attached hydrogen (secondary N) is 1. The summed E-state index contributed by atoms with van der Waals surface area (Å²) >= 11 is 0. The molecule has 1 aromatic heterocycles. The molecule has 0 atom stereocenters. The van der Waals surface area contributed by atoms with Crippen LogP contribution in [0, 0.1) is 5.82 Å². The molecule has 1 N–H and O–H groups in total. The lowest BCUT2D eigenvalue weighted by Crippen LogP contribution is -2.19. The summed E-state index contributed by atoms with van der Waals surface area (Å²) in [4.78, 5) is 11.8. The molecule has 1 amide bonds. The Kier molecular flexibility index (Phi) is 6.02. The fraction of sp³-hybridized carbons (Fsp3) is 0.400. The fourth-order valence-electron chi connectivity index (χ4n) is 1.90. The van der Waals surface area contributed by atoms with Crippen LogP contribution in [-0.4, -0.2) is 34.1 Å². The summed E-state index contributed by atoms with van der Waals surface area (Å²) in [5, 5.41) is 10.0. The lowest BCUT2D eigenvalue weighted by Gasteiger charge is -2.09. The van der Waals surface area contributed by atoms with Crippen LogP contribution >= 0.6 is 0 Å². The summed E-state index contributed by atoms with van der Waals surface area (Å²) in [6.07, 6.45) is 6.23. The van der Waals surface area contributed by atoms with Gasteiger partial charge in [-0.1, -0.05) is 25.0 Å². The summed E-state index contributed by atoms with van der Waals surface area (Å²) in [5.41, 5.74) is 0.702. The number of carbonyl (C=O) groups excluding carboxylic acids is 1. The van der Waals surface area contributed by atoms with E-state index in [4.69, 9.17) is 4.74 Å². The highest BCUT2D eigenvalue weighted by molar-refractivity contribution is 5.92. The summed E-state index contributed by atoms with van der Waals surface area (Å²) < 4.78 is 20.5. The summed E-state index contributed by atoms with van der Waals surface area (Å²) in [5.74, 6) is -0.894. The van der Waals surface area contributed by atoms with E-state index in [1.54, 1.807) is 12.3 Å². The standard InChI is InChI=1S/C15H19FN4O2/c1-2-3-4-9-22-11-15(21)18-14-10-12(5-6-13(14)16)20-8-7-17-19-20/h5-8,10H,2-4,9,11H2,1H3,(H,18,21). The first-order valence-electron chi connectivity index (χ1n) is 7.24. The molecule has 0 radical (unpaired) electrons. The van der Waals surface area contributed by atoms with Crippen molar-refractivity contribution < 1.29 is 13.9 Å². The Balaban J connectivity index is 1.91. The largest absolute Gasteiger partial charge is 0.372 e. The molecule has 118 valence electrons. The number of benzene rings is 1. The molecule has 0 spiro atoms. The molecule has 0 saturated heterocycles. The van der Waals surface area contributed by atoms with Gasteiger partial charge in [-0.3, -0.25) is 4.79 Å². The van der Waals surface area contributed by atoms with Gasteiger partial charge in [-0.05, 0) is 24.6 Å². The third kappa shape index (κ3) is 4.63. The number of anilines is 1. The van der Waals surface area contributed by atoms with Crippen LogP contribution in [0.1, 0.15) is 26.2 Å². The number of hydrogen-bond acceptors (Lipinski definition) is 4. The number of aromatic nitrogens is 3. The fourth-order valence-corrected chi connectivity index (χ4v) is 1.90. The number of rotatable bonds is 8. The number of amides is 1. The van der Waals surface area contributed by atoms with Crippen molar-refractivity contribution in [1.82, 2.24) is 15.0 Å². The van der Waals surface area contributed by atoms with E-state index in [1.165, 1.54) is 23.0 Å². The molecule has 2 aromatic rings. The van der Waals surface area contributed by atoms with Crippen LogP contribution in [0.3, 0.4) is 0 Å². The van der Waals surface area contributed by atoms with Crippen molar-refractivity contribution in [2.75, 3.05) is 18.5 Å². The predicted molar refractivity (Wildman–Crippen MR) is 80.3 cm³/mol. The second-order valence-corrected chi connectivity index (χ2v) is 4.82. The van der Waals surface area contributed by atoms with E-state index >= 15 is 0 Å². The third-order valence-corrected chi connectivity index (χ3v) is 3.04. The van der Waals surface area contributed by atoms with Gasteiger partial charge in [0.15, 0.2) is 0 Å². The number of halogens is 1. The number of hydrogen-bond donors (Lipinski definition) is 1. The summed E-state index contributed by atoms with van der Waals surface area (Å²) in [6.45, 7) is 2.54. The molecule has 1 heterocycles. The van der Waals surface area contributed by atoms with Crippen molar-refractivity contribution in [2.24, 2.45) is 0 Å². The highest BCUT2D eigenvalue weighted by Crippen LogP contribution is 2.18. The van der Waals surface area contributed by atoms with E-state index in [-0.39, 0.29) is 18.2 Å². The maximum absolute atomic E-state index is 13.8. The van der Waals surface area contributed by atoms with Gasteiger partial charge >= 0.3 is 0 Å². The van der Waals surface area contributed by atoms with Crippen LogP contribution in [0.5, 0.6) is 0 Å². The maximum atomic E-state index is 13.8. The Labute approximate surface area is 128 Å². The highest BCUT2D eigenvalue weighted by Gasteiger charge is 2.09. The zero-order chi connectivity index (χ0) is 15.8. The van der Waals surface area contributed by atoms with Crippen molar-refractivity contribution in [3.05, 3.63) is 36.4 Å². The second kappa shape index (κ2) is 8.23. The first kappa shape index (κ1) is 16.1. The second-order valence-electron chi connectivity index (χ2n) is 4.82. The Morgan fingerprint density at radius 1 is 1.41 bits per heavy atom. The molecule has 6 nitrogen and oxygen atoms in total. The highest BCUT2D eigenvalue weighted by atomic mass is 19.1. The number of carbonyl (C=O) groups is 1. The molecule has 1 aromatic carbocycles. The number of ether oxygens (including phenoxy) is 1. The molecule has 0 saturated carbocycles. The van der Waals surface area contributed by atoms with E-state index in [0.717, 1.165) is 19.3 Å². The van der Waals surface area contributed by atoms with Crippen molar-refractivity contribution in [1.29, 1.82) is 0 Å². The monoisotopic (exact) mass is 306 g/mol. The summed E-state index contributed by atoms with van der Waals surface area (Å²) in [7, 11) is 0. The predicted octanol–water partition coefficient (Wildman–Crippen LogP) is 2.55. The molecule has 2 rings (SSSR count). The van der Waals surface area contributed by atoms with Crippen molar-refractivity contribution in [3.8, 4) is 5.69 Å². The van der Waals surface area contributed by atoms with Gasteiger partial charge in [-0.15, -0.1) is 5.10 Å². The van der Waals surface area contributed by atoms with E-state index in [9.17, 15) is 9.18 Å². The van der Waals surface area contributed by atoms with Gasteiger partial charge in [0.1, 0.15) is 12.4 Å². The van der Waals surface area contributed by atoms with Gasteiger partial charge in [0.2, 0.25) is 5.91 Å². The molecule has 0 fully saturated rings. The number of unbranched alkanes of at least 4 members (excludes halogenated alkanes) is 2. The smallest absolute Gasteiger partial charge is 0.250 e. The lowest BCUT2D eigenvalue weighted by atomic mass is 10.2. The van der Waals surface area contributed by atoms with Gasteiger partial charge in [0, 0.05) is 6.61 Å². The van der Waals surface area contributed by atoms with Crippen LogP contribution in [0.25, 0.3) is 5.69 Å². The lowest BCUT2D eigenvalue weighted by molar-refractivity contribution is -0.120. The van der Waals surface area contributed by atoms with E-state index in [0.29, 0.717) is 12.3 Å². The molecule has 22 heavy (non-hydrogen) atoms. The quantitative estimate of drug-likeness (QED) is 0.761. The molecular formula is C15H19FN4O2. The Morgan fingerprint density at radius 3 is 3.00 bits per heavy atom. The molecule has 0 aliphatic carbocycles. The maximum Gasteiger partial charge on any atom is 0.250 e. The Bertz CT molecular complexity index is 602. The molecule has 0 aliphatic heterocycles. The van der Waals surface area contributed by atoms with Crippen molar-refractivity contribution in [2.45, 2.75) is 26.2 Å². The summed E-state index contributed by atoms with van der Waals surface area (Å²) in [6, 6.07) is 4.33. The average Bonchev–Trinajstić information content (AvgIpc) is 3.03. The van der Waals surface area contributed by atoms with Crippen molar-refractivity contribution >= 4 is 11.6 Å². The first-order chi connectivity index (χ1) is 10.7. The molecule has 0 aliphatic rings. The third-order valence-electron chi connectivity index (χ3n) is 3.04. The van der Waals surface area contributed by atoms with Gasteiger partial charge in [-0.25, -0.2) is 9.07 Å². The first-order valence-corrected chi connectivity index (χ1v) is 7.24. The minimum Gasteiger partial charge on any atom is -0.372 e. The Morgan fingerprint density at radius 2 is 2.27 bits per heavy atom. The zero-order valence-electron chi connectivity index (χ0n) is 12.5. The molecular weight excluding hydrogens is 287 g/mol. The molecule has 0 unspecified atom stereocenters. The normalized spacial score (nSPS) is 10.6.